The third-order valence-corrected chi connectivity index (χ3v) is 2.89. The van der Waals surface area contributed by atoms with E-state index in [1.54, 1.807) is 0 Å². The van der Waals surface area contributed by atoms with Crippen LogP contribution >= 0.6 is 0 Å². The van der Waals surface area contributed by atoms with Gasteiger partial charge in [0.2, 0.25) is 5.91 Å². The van der Waals surface area contributed by atoms with Crippen LogP contribution in [0.3, 0.4) is 0 Å². The second-order valence-corrected chi connectivity index (χ2v) is 4.28. The van der Waals surface area contributed by atoms with Gasteiger partial charge >= 0.3 is 0 Å². The lowest BCUT2D eigenvalue weighted by atomic mass is 9.80. The van der Waals surface area contributed by atoms with Crippen LogP contribution in [0.1, 0.15) is 39.0 Å². The highest BCUT2D eigenvalue weighted by molar-refractivity contribution is 5.76. The molecule has 3 nitrogen and oxygen atoms in total. The minimum Gasteiger partial charge on any atom is -0.378 e. The summed E-state index contributed by atoms with van der Waals surface area (Å²) in [5.41, 5.74) is 0. The van der Waals surface area contributed by atoms with E-state index < -0.39 is 0 Å². The molecule has 1 rings (SSSR count). The molecule has 0 spiro atoms. The van der Waals surface area contributed by atoms with Crippen molar-refractivity contribution in [2.75, 3.05) is 13.2 Å². The maximum atomic E-state index is 11.5. The van der Waals surface area contributed by atoms with E-state index in [2.05, 4.69) is 11.2 Å². The van der Waals surface area contributed by atoms with Gasteiger partial charge in [-0.25, -0.2) is 0 Å². The zero-order valence-electron chi connectivity index (χ0n) is 10.00. The topological polar surface area (TPSA) is 38.3 Å². The quantitative estimate of drug-likeness (QED) is 0.527. The Labute approximate surface area is 97.9 Å². The number of terminal acetylenes is 1. The number of ether oxygens (including phenoxy) is 1. The van der Waals surface area contributed by atoms with E-state index in [9.17, 15) is 4.79 Å². The summed E-state index contributed by atoms with van der Waals surface area (Å²) in [4.78, 5) is 11.5. The lowest BCUT2D eigenvalue weighted by Gasteiger charge is -2.34. The SMILES string of the molecule is C#CCCCNC(=O)CC1CC(OCC)C1. The van der Waals surface area contributed by atoms with Gasteiger partial charge < -0.3 is 10.1 Å². The predicted molar refractivity (Wildman–Crippen MR) is 63.8 cm³/mol. The fourth-order valence-electron chi connectivity index (χ4n) is 1.97. The van der Waals surface area contributed by atoms with Crippen LogP contribution in [0, 0.1) is 18.3 Å². The van der Waals surface area contributed by atoms with Gasteiger partial charge in [0.1, 0.15) is 0 Å². The monoisotopic (exact) mass is 223 g/mol. The molecule has 0 aliphatic heterocycles. The third-order valence-electron chi connectivity index (χ3n) is 2.89. The molecule has 16 heavy (non-hydrogen) atoms. The van der Waals surface area contributed by atoms with Crippen LogP contribution in [0.5, 0.6) is 0 Å². The van der Waals surface area contributed by atoms with Gasteiger partial charge in [-0.1, -0.05) is 0 Å². The Balaban J connectivity index is 1.98. The van der Waals surface area contributed by atoms with Crippen molar-refractivity contribution in [1.82, 2.24) is 5.32 Å². The first kappa shape index (κ1) is 13.1. The minimum absolute atomic E-state index is 0.150. The van der Waals surface area contributed by atoms with E-state index in [4.69, 9.17) is 11.2 Å². The van der Waals surface area contributed by atoms with Crippen LogP contribution in [0.25, 0.3) is 0 Å². The number of unbranched alkanes of at least 4 members (excludes halogenated alkanes) is 1. The Hall–Kier alpha value is -1.01. The van der Waals surface area contributed by atoms with Crippen molar-refractivity contribution in [2.24, 2.45) is 5.92 Å². The highest BCUT2D eigenvalue weighted by Gasteiger charge is 2.30. The van der Waals surface area contributed by atoms with E-state index in [0.29, 0.717) is 25.0 Å². The van der Waals surface area contributed by atoms with E-state index in [1.165, 1.54) is 0 Å². The molecule has 0 aromatic heterocycles. The van der Waals surface area contributed by atoms with Crippen LogP contribution in [0.2, 0.25) is 0 Å². The largest absolute Gasteiger partial charge is 0.378 e. The van der Waals surface area contributed by atoms with Crippen molar-refractivity contribution in [3.8, 4) is 12.3 Å². The lowest BCUT2D eigenvalue weighted by Crippen LogP contribution is -2.36. The summed E-state index contributed by atoms with van der Waals surface area (Å²) in [6.07, 6.45) is 9.82. The van der Waals surface area contributed by atoms with Gasteiger partial charge in [0.15, 0.2) is 0 Å². The van der Waals surface area contributed by atoms with Gasteiger partial charge in [0.25, 0.3) is 0 Å². The number of hydrogen-bond acceptors (Lipinski definition) is 2. The second kappa shape index (κ2) is 7.29. The molecule has 1 aliphatic carbocycles. The predicted octanol–water partition coefficient (Wildman–Crippen LogP) is 1.72. The molecule has 0 radical (unpaired) electrons. The smallest absolute Gasteiger partial charge is 0.220 e. The van der Waals surface area contributed by atoms with E-state index in [0.717, 1.165) is 32.3 Å². The van der Waals surface area contributed by atoms with Gasteiger partial charge in [-0.15, -0.1) is 12.3 Å². The fraction of sp³-hybridized carbons (Fsp3) is 0.769. The molecule has 0 saturated heterocycles. The number of nitrogens with one attached hydrogen (secondary N) is 1. The van der Waals surface area contributed by atoms with Gasteiger partial charge in [0, 0.05) is 26.0 Å². The Morgan fingerprint density at radius 3 is 2.94 bits per heavy atom. The molecule has 1 saturated carbocycles. The molecule has 0 aromatic carbocycles. The molecule has 1 fully saturated rings. The first-order valence-corrected chi connectivity index (χ1v) is 6.08. The van der Waals surface area contributed by atoms with Crippen molar-refractivity contribution >= 4 is 5.91 Å². The van der Waals surface area contributed by atoms with Crippen LogP contribution in [0.15, 0.2) is 0 Å². The van der Waals surface area contributed by atoms with Gasteiger partial charge in [-0.3, -0.25) is 4.79 Å². The van der Waals surface area contributed by atoms with Crippen molar-refractivity contribution in [3.05, 3.63) is 0 Å². The average molecular weight is 223 g/mol. The zero-order chi connectivity index (χ0) is 11.8. The molecule has 1 N–H and O–H groups in total. The Bertz CT molecular complexity index is 251. The van der Waals surface area contributed by atoms with Crippen molar-refractivity contribution in [2.45, 2.75) is 45.1 Å². The highest BCUT2D eigenvalue weighted by Crippen LogP contribution is 2.32. The first-order valence-electron chi connectivity index (χ1n) is 6.08. The first-order chi connectivity index (χ1) is 7.76. The number of amides is 1. The third kappa shape index (κ3) is 4.67. The van der Waals surface area contributed by atoms with Crippen molar-refractivity contribution in [3.63, 3.8) is 0 Å². The van der Waals surface area contributed by atoms with Crippen LogP contribution in [-0.4, -0.2) is 25.2 Å². The van der Waals surface area contributed by atoms with Gasteiger partial charge in [-0.05, 0) is 32.1 Å². The van der Waals surface area contributed by atoms with Crippen molar-refractivity contribution < 1.29 is 9.53 Å². The van der Waals surface area contributed by atoms with E-state index in [-0.39, 0.29) is 5.91 Å². The number of rotatable bonds is 7. The standard InChI is InChI=1S/C13H21NO2/c1-3-5-6-7-14-13(15)10-11-8-12(9-11)16-4-2/h1,11-12H,4-10H2,2H3,(H,14,15). The number of carbonyl (C=O) groups is 1. The van der Waals surface area contributed by atoms with Gasteiger partial charge in [0.05, 0.1) is 6.10 Å². The van der Waals surface area contributed by atoms with Crippen LogP contribution in [0.4, 0.5) is 0 Å². The Morgan fingerprint density at radius 1 is 1.56 bits per heavy atom. The molecular weight excluding hydrogens is 202 g/mol. The summed E-state index contributed by atoms with van der Waals surface area (Å²) >= 11 is 0. The summed E-state index contributed by atoms with van der Waals surface area (Å²) in [6.45, 7) is 3.48. The van der Waals surface area contributed by atoms with Crippen LogP contribution in [-0.2, 0) is 9.53 Å². The molecule has 0 aromatic rings. The molecule has 1 amide bonds. The highest BCUT2D eigenvalue weighted by atomic mass is 16.5. The summed E-state index contributed by atoms with van der Waals surface area (Å²) in [5.74, 6) is 3.22. The minimum atomic E-state index is 0.150. The normalized spacial score (nSPS) is 23.2. The second-order valence-electron chi connectivity index (χ2n) is 4.28. The fourth-order valence-corrected chi connectivity index (χ4v) is 1.97. The summed E-state index contributed by atoms with van der Waals surface area (Å²) in [6, 6.07) is 0. The lowest BCUT2D eigenvalue weighted by molar-refractivity contribution is -0.124. The number of carbonyl (C=O) groups excluding carboxylic acids is 1. The van der Waals surface area contributed by atoms with Crippen LogP contribution < -0.4 is 5.32 Å². The Morgan fingerprint density at radius 2 is 2.31 bits per heavy atom. The summed E-state index contributed by atoms with van der Waals surface area (Å²) in [7, 11) is 0. The average Bonchev–Trinajstić information content (AvgIpc) is 2.21. The molecule has 0 unspecified atom stereocenters. The van der Waals surface area contributed by atoms with E-state index in [1.807, 2.05) is 6.92 Å². The summed E-state index contributed by atoms with van der Waals surface area (Å²) < 4.78 is 5.45. The zero-order valence-corrected chi connectivity index (χ0v) is 10.00. The Kier molecular flexibility index (Phi) is 5.95. The molecule has 1 aliphatic rings. The maximum Gasteiger partial charge on any atom is 0.220 e. The molecule has 0 heterocycles. The van der Waals surface area contributed by atoms with Crippen molar-refractivity contribution in [1.29, 1.82) is 0 Å². The number of hydrogen-bond donors (Lipinski definition) is 1. The van der Waals surface area contributed by atoms with Gasteiger partial charge in [-0.2, -0.15) is 0 Å². The van der Waals surface area contributed by atoms with E-state index >= 15 is 0 Å². The molecule has 90 valence electrons. The molecule has 0 bridgehead atoms. The maximum absolute atomic E-state index is 11.5. The molecular formula is C13H21NO2. The summed E-state index contributed by atoms with van der Waals surface area (Å²) in [5, 5.41) is 2.89. The molecule has 0 atom stereocenters. The molecule has 3 heteroatoms.